The van der Waals surface area contributed by atoms with Crippen molar-refractivity contribution in [2.24, 2.45) is 0 Å². The summed E-state index contributed by atoms with van der Waals surface area (Å²) >= 11 is 0. The Labute approximate surface area is 138 Å². The molecule has 1 heterocycles. The summed E-state index contributed by atoms with van der Waals surface area (Å²) in [5.41, 5.74) is 1.05. The average molecular weight is 315 g/mol. The van der Waals surface area contributed by atoms with E-state index < -0.39 is 0 Å². The van der Waals surface area contributed by atoms with Crippen LogP contribution in [0, 0.1) is 0 Å². The minimum atomic E-state index is 0.113. The Bertz CT molecular complexity index is 588. The van der Waals surface area contributed by atoms with Crippen molar-refractivity contribution in [3.05, 3.63) is 60.1 Å². The number of ether oxygens (including phenoxy) is 1. The molecule has 1 unspecified atom stereocenters. The highest BCUT2D eigenvalue weighted by molar-refractivity contribution is 5.57. The summed E-state index contributed by atoms with van der Waals surface area (Å²) in [6.07, 6.45) is 6.72. The maximum absolute atomic E-state index is 9.61. The van der Waals surface area contributed by atoms with Gasteiger partial charge in [-0.25, -0.2) is 0 Å². The van der Waals surface area contributed by atoms with Crippen LogP contribution in [0.2, 0.25) is 0 Å². The van der Waals surface area contributed by atoms with Gasteiger partial charge in [0.1, 0.15) is 11.5 Å². The Morgan fingerprint density at radius 3 is 2.74 bits per heavy atom. The van der Waals surface area contributed by atoms with E-state index in [0.717, 1.165) is 30.0 Å². The molecule has 0 saturated heterocycles. The number of para-hydroxylation sites is 1. The molecular formula is C19H25NO3. The predicted octanol–water partition coefficient (Wildman–Crippen LogP) is 3.57. The minimum Gasteiger partial charge on any atom is -0.496 e. The van der Waals surface area contributed by atoms with Gasteiger partial charge in [-0.05, 0) is 24.6 Å². The summed E-state index contributed by atoms with van der Waals surface area (Å²) in [7, 11) is 1.68. The zero-order valence-electron chi connectivity index (χ0n) is 13.8. The second kappa shape index (κ2) is 9.18. The number of aliphatic hydroxyl groups excluding tert-OH is 1. The summed E-state index contributed by atoms with van der Waals surface area (Å²) < 4.78 is 10.8. The first kappa shape index (κ1) is 17.3. The molecule has 0 radical (unpaired) electrons. The maximum atomic E-state index is 9.61. The molecule has 23 heavy (non-hydrogen) atoms. The van der Waals surface area contributed by atoms with E-state index >= 15 is 0 Å². The van der Waals surface area contributed by atoms with Crippen LogP contribution in [0.4, 0.5) is 0 Å². The number of benzene rings is 1. The van der Waals surface area contributed by atoms with Gasteiger partial charge in [-0.15, -0.1) is 0 Å². The van der Waals surface area contributed by atoms with Gasteiger partial charge in [0, 0.05) is 18.2 Å². The Morgan fingerprint density at radius 2 is 2.09 bits per heavy atom. The van der Waals surface area contributed by atoms with Gasteiger partial charge >= 0.3 is 0 Å². The van der Waals surface area contributed by atoms with Crippen LogP contribution in [-0.2, 0) is 6.54 Å². The average Bonchev–Trinajstić information content (AvgIpc) is 3.09. The molecule has 0 fully saturated rings. The Morgan fingerprint density at radius 1 is 1.26 bits per heavy atom. The topological polar surface area (TPSA) is 45.8 Å². The third-order valence-corrected chi connectivity index (χ3v) is 3.91. The largest absolute Gasteiger partial charge is 0.496 e. The standard InChI is InChI=1S/C19H25NO3/c1-3-17(15-21)20(14-18-10-7-13-23-18)12-6-9-16-8-4-5-11-19(16)22-2/h4-11,13,17,21H,3,12,14-15H2,1-2H3. The fourth-order valence-corrected chi connectivity index (χ4v) is 2.57. The van der Waals surface area contributed by atoms with Crippen LogP contribution in [0.25, 0.3) is 6.08 Å². The molecular weight excluding hydrogens is 290 g/mol. The number of hydrogen-bond donors (Lipinski definition) is 1. The molecule has 4 heteroatoms. The van der Waals surface area contributed by atoms with E-state index in [1.165, 1.54) is 0 Å². The third-order valence-electron chi connectivity index (χ3n) is 3.91. The second-order valence-corrected chi connectivity index (χ2v) is 5.40. The Hall–Kier alpha value is -2.04. The van der Waals surface area contributed by atoms with Gasteiger partial charge in [0.15, 0.2) is 0 Å². The normalized spacial score (nSPS) is 12.9. The van der Waals surface area contributed by atoms with Crippen LogP contribution in [0.15, 0.2) is 53.2 Å². The van der Waals surface area contributed by atoms with Crippen LogP contribution in [0.3, 0.4) is 0 Å². The van der Waals surface area contributed by atoms with E-state index in [1.54, 1.807) is 13.4 Å². The molecule has 0 amide bonds. The SMILES string of the molecule is CCC(CO)N(CC=Cc1ccccc1OC)Cc1ccco1. The van der Waals surface area contributed by atoms with E-state index in [9.17, 15) is 5.11 Å². The molecule has 1 aromatic heterocycles. The van der Waals surface area contributed by atoms with Gasteiger partial charge in [0.2, 0.25) is 0 Å². The van der Waals surface area contributed by atoms with Crippen molar-refractivity contribution >= 4 is 6.08 Å². The monoisotopic (exact) mass is 315 g/mol. The molecule has 2 aromatic rings. The van der Waals surface area contributed by atoms with Crippen molar-refractivity contribution in [1.82, 2.24) is 4.90 Å². The first-order valence-corrected chi connectivity index (χ1v) is 7.95. The predicted molar refractivity (Wildman–Crippen MR) is 92.3 cm³/mol. The molecule has 1 aromatic carbocycles. The molecule has 0 saturated carbocycles. The molecule has 0 aliphatic carbocycles. The number of methoxy groups -OCH3 is 1. The first-order valence-electron chi connectivity index (χ1n) is 7.95. The van der Waals surface area contributed by atoms with Crippen molar-refractivity contribution in [1.29, 1.82) is 0 Å². The minimum absolute atomic E-state index is 0.113. The Kier molecular flexibility index (Phi) is 6.91. The molecule has 0 aliphatic heterocycles. The number of furan rings is 1. The lowest BCUT2D eigenvalue weighted by Crippen LogP contribution is -2.37. The van der Waals surface area contributed by atoms with E-state index in [4.69, 9.17) is 9.15 Å². The van der Waals surface area contributed by atoms with Gasteiger partial charge < -0.3 is 14.3 Å². The van der Waals surface area contributed by atoms with Gasteiger partial charge in [0.25, 0.3) is 0 Å². The number of nitrogens with zero attached hydrogens (tertiary/aromatic N) is 1. The lowest BCUT2D eigenvalue weighted by atomic mass is 10.1. The van der Waals surface area contributed by atoms with Gasteiger partial charge in [0.05, 0.1) is 26.5 Å². The Balaban J connectivity index is 2.06. The van der Waals surface area contributed by atoms with Gasteiger partial charge in [-0.2, -0.15) is 0 Å². The fourth-order valence-electron chi connectivity index (χ4n) is 2.57. The molecule has 124 valence electrons. The van der Waals surface area contributed by atoms with Crippen molar-refractivity contribution < 1.29 is 14.3 Å². The second-order valence-electron chi connectivity index (χ2n) is 5.40. The maximum Gasteiger partial charge on any atom is 0.126 e. The van der Waals surface area contributed by atoms with E-state index in [2.05, 4.69) is 24.0 Å². The number of aliphatic hydroxyl groups is 1. The first-order chi connectivity index (χ1) is 11.3. The lowest BCUT2D eigenvalue weighted by molar-refractivity contribution is 0.118. The fraction of sp³-hybridized carbons (Fsp3) is 0.368. The third kappa shape index (κ3) is 4.98. The van der Waals surface area contributed by atoms with Crippen molar-refractivity contribution in [3.63, 3.8) is 0 Å². The number of rotatable bonds is 9. The van der Waals surface area contributed by atoms with Crippen LogP contribution in [0.1, 0.15) is 24.7 Å². The molecule has 1 atom stereocenters. The zero-order valence-corrected chi connectivity index (χ0v) is 13.8. The summed E-state index contributed by atoms with van der Waals surface area (Å²) in [5.74, 6) is 1.76. The summed E-state index contributed by atoms with van der Waals surface area (Å²) in [5, 5.41) is 9.61. The zero-order chi connectivity index (χ0) is 16.5. The quantitative estimate of drug-likeness (QED) is 0.768. The number of hydrogen-bond acceptors (Lipinski definition) is 4. The van der Waals surface area contributed by atoms with E-state index in [-0.39, 0.29) is 12.6 Å². The van der Waals surface area contributed by atoms with Crippen molar-refractivity contribution in [2.45, 2.75) is 25.9 Å². The van der Waals surface area contributed by atoms with Gasteiger partial charge in [-0.1, -0.05) is 37.3 Å². The molecule has 0 spiro atoms. The molecule has 2 rings (SSSR count). The lowest BCUT2D eigenvalue weighted by Gasteiger charge is -2.27. The van der Waals surface area contributed by atoms with Crippen molar-refractivity contribution in [2.75, 3.05) is 20.3 Å². The molecule has 1 N–H and O–H groups in total. The summed E-state index contributed by atoms with van der Waals surface area (Å²) in [4.78, 5) is 2.21. The van der Waals surface area contributed by atoms with E-state index in [1.807, 2.05) is 36.4 Å². The molecule has 4 nitrogen and oxygen atoms in total. The van der Waals surface area contributed by atoms with Crippen LogP contribution >= 0.6 is 0 Å². The molecule has 0 bridgehead atoms. The van der Waals surface area contributed by atoms with Gasteiger partial charge in [-0.3, -0.25) is 4.90 Å². The summed E-state index contributed by atoms with van der Waals surface area (Å²) in [6, 6.07) is 11.9. The highest BCUT2D eigenvalue weighted by atomic mass is 16.5. The highest BCUT2D eigenvalue weighted by Crippen LogP contribution is 2.19. The summed E-state index contributed by atoms with van der Waals surface area (Å²) in [6.45, 7) is 3.64. The van der Waals surface area contributed by atoms with Crippen LogP contribution in [-0.4, -0.2) is 36.3 Å². The van der Waals surface area contributed by atoms with Crippen LogP contribution < -0.4 is 4.74 Å². The highest BCUT2D eigenvalue weighted by Gasteiger charge is 2.16. The smallest absolute Gasteiger partial charge is 0.126 e. The van der Waals surface area contributed by atoms with Crippen LogP contribution in [0.5, 0.6) is 5.75 Å². The van der Waals surface area contributed by atoms with Crippen molar-refractivity contribution in [3.8, 4) is 5.75 Å². The molecule has 0 aliphatic rings. The van der Waals surface area contributed by atoms with E-state index in [0.29, 0.717) is 6.54 Å².